The summed E-state index contributed by atoms with van der Waals surface area (Å²) in [5.74, 6) is -0.0174. The zero-order chi connectivity index (χ0) is 23.7. The Kier molecular flexibility index (Phi) is 5.64. The Morgan fingerprint density at radius 2 is 1.91 bits per heavy atom. The number of H-pyrrole nitrogens is 1. The van der Waals surface area contributed by atoms with E-state index in [-0.39, 0.29) is 17.9 Å². The van der Waals surface area contributed by atoms with Gasteiger partial charge in [-0.25, -0.2) is 4.39 Å². The minimum absolute atomic E-state index is 0.111. The Labute approximate surface area is 192 Å². The molecule has 34 heavy (non-hydrogen) atoms. The maximum absolute atomic E-state index is 14.5. The number of benzene rings is 2. The maximum Gasteiger partial charge on any atom is 0.271 e. The van der Waals surface area contributed by atoms with Crippen LogP contribution in [0.2, 0.25) is 0 Å². The first-order valence-electron chi connectivity index (χ1n) is 10.5. The average molecular weight is 461 g/mol. The Bertz CT molecular complexity index is 1520. The monoisotopic (exact) mass is 461 g/mol. The van der Waals surface area contributed by atoms with Gasteiger partial charge in [-0.15, -0.1) is 0 Å². The van der Waals surface area contributed by atoms with E-state index in [2.05, 4.69) is 20.5 Å². The van der Waals surface area contributed by atoms with Crippen LogP contribution in [0.5, 0.6) is 5.75 Å². The molecule has 0 aliphatic rings. The van der Waals surface area contributed by atoms with Crippen LogP contribution in [0.4, 0.5) is 4.39 Å². The second-order valence-corrected chi connectivity index (χ2v) is 7.59. The number of nitrogens with one attached hydrogen (secondary N) is 1. The van der Waals surface area contributed by atoms with Crippen LogP contribution in [0, 0.1) is 12.7 Å². The van der Waals surface area contributed by atoms with Crippen molar-refractivity contribution in [2.24, 2.45) is 0 Å². The fraction of sp³-hybridized carbons (Fsp3) is 0.167. The number of ether oxygens (including phenoxy) is 2. The van der Waals surface area contributed by atoms with Crippen LogP contribution in [-0.4, -0.2) is 45.5 Å². The molecule has 3 aromatic heterocycles. The molecule has 1 N–H and O–H groups in total. The minimum Gasteiger partial charge on any atom is -0.488 e. The third-order valence-electron chi connectivity index (χ3n) is 5.25. The molecule has 0 saturated carbocycles. The number of methoxy groups -OCH3 is 1. The highest BCUT2D eigenvalue weighted by molar-refractivity contribution is 5.92. The van der Waals surface area contributed by atoms with Gasteiger partial charge in [0.1, 0.15) is 18.0 Å². The van der Waals surface area contributed by atoms with Gasteiger partial charge < -0.3 is 14.0 Å². The zero-order valence-corrected chi connectivity index (χ0v) is 18.4. The molecule has 5 rings (SSSR count). The lowest BCUT2D eigenvalue weighted by Gasteiger charge is -2.06. The second-order valence-electron chi connectivity index (χ2n) is 7.59. The Hall–Kier alpha value is -4.31. The number of aryl methyl sites for hydroxylation is 1. The number of rotatable bonds is 7. The fourth-order valence-corrected chi connectivity index (χ4v) is 3.54. The Morgan fingerprint density at radius 1 is 1.09 bits per heavy atom. The van der Waals surface area contributed by atoms with Crippen LogP contribution in [0.15, 0.2) is 63.9 Å². The van der Waals surface area contributed by atoms with Crippen molar-refractivity contribution in [2.45, 2.75) is 6.92 Å². The van der Waals surface area contributed by atoms with Crippen molar-refractivity contribution in [1.29, 1.82) is 0 Å². The van der Waals surface area contributed by atoms with Gasteiger partial charge in [-0.2, -0.15) is 14.9 Å². The van der Waals surface area contributed by atoms with Gasteiger partial charge in [0, 0.05) is 36.3 Å². The number of aromatic amines is 1. The van der Waals surface area contributed by atoms with Crippen LogP contribution < -0.4 is 10.3 Å². The molecule has 0 atom stereocenters. The van der Waals surface area contributed by atoms with Crippen LogP contribution in [-0.2, 0) is 4.74 Å². The zero-order valence-electron chi connectivity index (χ0n) is 18.4. The van der Waals surface area contributed by atoms with Crippen molar-refractivity contribution in [3.05, 3.63) is 76.5 Å². The second kappa shape index (κ2) is 8.91. The van der Waals surface area contributed by atoms with Gasteiger partial charge in [0.2, 0.25) is 0 Å². The summed E-state index contributed by atoms with van der Waals surface area (Å²) in [5, 5.41) is 16.1. The van der Waals surface area contributed by atoms with Crippen molar-refractivity contribution < 1.29 is 18.4 Å². The highest BCUT2D eigenvalue weighted by atomic mass is 19.1. The largest absolute Gasteiger partial charge is 0.488 e. The molecule has 0 spiro atoms. The molecule has 3 heterocycles. The predicted molar refractivity (Wildman–Crippen MR) is 122 cm³/mol. The molecule has 2 aromatic carbocycles. The van der Waals surface area contributed by atoms with Gasteiger partial charge >= 0.3 is 0 Å². The highest BCUT2D eigenvalue weighted by Crippen LogP contribution is 2.33. The number of fused-ring (bicyclic) bond motifs is 1. The molecule has 9 nitrogen and oxygen atoms in total. The topological polar surface area (TPSA) is 108 Å². The fourth-order valence-electron chi connectivity index (χ4n) is 3.54. The third kappa shape index (κ3) is 4.06. The molecule has 0 saturated heterocycles. The molecular formula is C24H20FN5O4. The smallest absolute Gasteiger partial charge is 0.271 e. The van der Waals surface area contributed by atoms with Gasteiger partial charge in [-0.1, -0.05) is 17.3 Å². The van der Waals surface area contributed by atoms with E-state index in [0.717, 1.165) is 11.3 Å². The Morgan fingerprint density at radius 3 is 2.71 bits per heavy atom. The number of hydrogen-bond donors (Lipinski definition) is 1. The Balaban J connectivity index is 1.42. The lowest BCUT2D eigenvalue weighted by atomic mass is 10.1. The first kappa shape index (κ1) is 21.5. The molecule has 0 unspecified atom stereocenters. The summed E-state index contributed by atoms with van der Waals surface area (Å²) in [6, 6.07) is 15.0. The average Bonchev–Trinajstić information content (AvgIpc) is 3.48. The summed E-state index contributed by atoms with van der Waals surface area (Å²) in [6.07, 6.45) is 0. The number of halogens is 1. The van der Waals surface area contributed by atoms with E-state index in [1.165, 1.54) is 16.8 Å². The van der Waals surface area contributed by atoms with Crippen molar-refractivity contribution in [2.75, 3.05) is 20.3 Å². The number of aromatic nitrogens is 5. The van der Waals surface area contributed by atoms with Crippen LogP contribution in [0.3, 0.4) is 0 Å². The summed E-state index contributed by atoms with van der Waals surface area (Å²) >= 11 is 0. The summed E-state index contributed by atoms with van der Waals surface area (Å²) in [7, 11) is 1.55. The van der Waals surface area contributed by atoms with Gasteiger partial charge in [0.05, 0.1) is 23.5 Å². The highest BCUT2D eigenvalue weighted by Gasteiger charge is 2.17. The molecule has 5 aromatic rings. The van der Waals surface area contributed by atoms with Crippen molar-refractivity contribution in [1.82, 2.24) is 25.1 Å². The predicted octanol–water partition coefficient (Wildman–Crippen LogP) is 3.90. The van der Waals surface area contributed by atoms with Crippen LogP contribution in [0.25, 0.3) is 39.3 Å². The molecule has 0 amide bonds. The summed E-state index contributed by atoms with van der Waals surface area (Å²) in [5.41, 5.74) is 3.54. The number of nitrogens with zero attached hydrogens (tertiary/aromatic N) is 4. The van der Waals surface area contributed by atoms with Crippen LogP contribution >= 0.6 is 0 Å². The molecule has 172 valence electrons. The quantitative estimate of drug-likeness (QED) is 0.366. The third-order valence-corrected chi connectivity index (χ3v) is 5.25. The van der Waals surface area contributed by atoms with E-state index in [1.54, 1.807) is 37.4 Å². The first-order chi connectivity index (χ1) is 16.5. The van der Waals surface area contributed by atoms with Gasteiger partial charge in [0.25, 0.3) is 5.56 Å². The molecule has 0 bridgehead atoms. The summed E-state index contributed by atoms with van der Waals surface area (Å²) < 4.78 is 31.7. The summed E-state index contributed by atoms with van der Waals surface area (Å²) in [4.78, 5) is 12.1. The molecular weight excluding hydrogens is 441 g/mol. The van der Waals surface area contributed by atoms with E-state index in [4.69, 9.17) is 14.0 Å². The van der Waals surface area contributed by atoms with Gasteiger partial charge in [-0.3, -0.25) is 9.89 Å². The van der Waals surface area contributed by atoms with E-state index in [1.807, 2.05) is 19.1 Å². The van der Waals surface area contributed by atoms with E-state index in [9.17, 15) is 9.18 Å². The SMILES string of the molecule is COCCOc1cc2[nH]nc(-c3cc(-c4ccc(-n5nc(C)ccc5=O)cc4)no3)c2cc1F. The summed E-state index contributed by atoms with van der Waals surface area (Å²) in [6.45, 7) is 2.41. The lowest BCUT2D eigenvalue weighted by molar-refractivity contribution is 0.144. The van der Waals surface area contributed by atoms with E-state index >= 15 is 0 Å². The molecule has 0 aliphatic heterocycles. The number of hydrogen-bond acceptors (Lipinski definition) is 7. The molecule has 10 heteroatoms. The van der Waals surface area contributed by atoms with Crippen molar-refractivity contribution >= 4 is 10.9 Å². The lowest BCUT2D eigenvalue weighted by Crippen LogP contribution is -2.20. The van der Waals surface area contributed by atoms with Gasteiger partial charge in [0.15, 0.2) is 17.3 Å². The first-order valence-corrected chi connectivity index (χ1v) is 10.5. The standard InChI is InChI=1S/C24H20FN5O4/c1-14-3-8-23(31)30(28-14)16-6-4-15(5-7-16)19-12-22(34-29-19)24-17-11-18(25)21(33-10-9-32-2)13-20(17)26-27-24/h3-8,11-13H,9-10H2,1-2H3,(H,26,27). The molecule has 0 fully saturated rings. The maximum atomic E-state index is 14.5. The minimum atomic E-state index is -0.512. The van der Waals surface area contributed by atoms with E-state index < -0.39 is 5.82 Å². The van der Waals surface area contributed by atoms with E-state index in [0.29, 0.717) is 40.3 Å². The van der Waals surface area contributed by atoms with Gasteiger partial charge in [-0.05, 0) is 31.2 Å². The van der Waals surface area contributed by atoms with Crippen LogP contribution in [0.1, 0.15) is 5.69 Å². The molecule has 0 aliphatic carbocycles. The van der Waals surface area contributed by atoms with Crippen molar-refractivity contribution in [3.63, 3.8) is 0 Å². The normalized spacial score (nSPS) is 11.3. The molecule has 0 radical (unpaired) electrons. The van der Waals surface area contributed by atoms with Crippen molar-refractivity contribution in [3.8, 4) is 34.1 Å².